The molecule has 2 aromatic carbocycles. The number of phenolic OH excluding ortho intramolecular Hbond substituents is 1. The van der Waals surface area contributed by atoms with Crippen LogP contribution in [0.1, 0.15) is 22.8 Å². The summed E-state index contributed by atoms with van der Waals surface area (Å²) in [6.07, 6.45) is 1.61. The third-order valence-electron chi connectivity index (χ3n) is 4.17. The number of amides is 2. The Morgan fingerprint density at radius 2 is 1.94 bits per heavy atom. The molecule has 1 aliphatic heterocycles. The summed E-state index contributed by atoms with van der Waals surface area (Å²) >= 11 is 6.32. The Hall–Kier alpha value is -3.37. The summed E-state index contributed by atoms with van der Waals surface area (Å²) in [5.74, 6) is -1.63. The third kappa shape index (κ3) is 5.41. The lowest BCUT2D eigenvalue weighted by Crippen LogP contribution is -2.36. The lowest BCUT2D eigenvalue weighted by atomic mass is 10.2. The number of carbonyl (C=O) groups is 3. The first-order valence-electron chi connectivity index (χ1n) is 9.13. The molecular formula is C21H18N2O6S2. The minimum atomic E-state index is -1.07. The van der Waals surface area contributed by atoms with E-state index < -0.39 is 17.8 Å². The lowest BCUT2D eigenvalue weighted by Gasteiger charge is -2.14. The molecule has 0 aromatic heterocycles. The zero-order valence-corrected chi connectivity index (χ0v) is 18.0. The normalized spacial score (nSPS) is 14.7. The molecule has 2 amide bonds. The minimum Gasteiger partial charge on any atom is -0.504 e. The number of hydrogen-bond acceptors (Lipinski definition) is 7. The maximum Gasteiger partial charge on any atom is 0.335 e. The summed E-state index contributed by atoms with van der Waals surface area (Å²) in [4.78, 5) is 37.5. The number of aromatic carboxylic acids is 1. The van der Waals surface area contributed by atoms with Crippen LogP contribution in [0.2, 0.25) is 0 Å². The highest BCUT2D eigenvalue weighted by molar-refractivity contribution is 8.26. The van der Waals surface area contributed by atoms with Gasteiger partial charge in [-0.3, -0.25) is 14.5 Å². The quantitative estimate of drug-likeness (QED) is 0.427. The Kier molecular flexibility index (Phi) is 6.93. The largest absolute Gasteiger partial charge is 0.504 e. The number of hydrogen-bond donors (Lipinski definition) is 3. The molecule has 3 N–H and O–H groups in total. The van der Waals surface area contributed by atoms with Gasteiger partial charge in [0, 0.05) is 5.69 Å². The van der Waals surface area contributed by atoms with E-state index in [1.54, 1.807) is 25.1 Å². The van der Waals surface area contributed by atoms with E-state index in [1.165, 1.54) is 35.2 Å². The van der Waals surface area contributed by atoms with E-state index in [0.717, 1.165) is 11.8 Å². The van der Waals surface area contributed by atoms with E-state index >= 15 is 0 Å². The van der Waals surface area contributed by atoms with Gasteiger partial charge in [-0.25, -0.2) is 4.79 Å². The molecule has 0 atom stereocenters. The number of rotatable bonds is 7. The van der Waals surface area contributed by atoms with Gasteiger partial charge in [0.2, 0.25) is 5.91 Å². The summed E-state index contributed by atoms with van der Waals surface area (Å²) in [5.41, 5.74) is 1.15. The highest BCUT2D eigenvalue weighted by Gasteiger charge is 2.33. The maximum atomic E-state index is 12.7. The number of phenols is 1. The van der Waals surface area contributed by atoms with Crippen LogP contribution in [0.4, 0.5) is 5.69 Å². The van der Waals surface area contributed by atoms with Crippen molar-refractivity contribution < 1.29 is 29.3 Å². The topological polar surface area (TPSA) is 116 Å². The monoisotopic (exact) mass is 458 g/mol. The van der Waals surface area contributed by atoms with Gasteiger partial charge < -0.3 is 20.3 Å². The second-order valence-electron chi connectivity index (χ2n) is 6.36. The number of thioether (sulfide) groups is 1. The minimum absolute atomic E-state index is 0.000364. The highest BCUT2D eigenvalue weighted by Crippen LogP contribution is 2.34. The molecule has 0 bridgehead atoms. The smallest absolute Gasteiger partial charge is 0.335 e. The lowest BCUT2D eigenvalue weighted by molar-refractivity contribution is -0.126. The van der Waals surface area contributed by atoms with E-state index in [0.29, 0.717) is 28.5 Å². The van der Waals surface area contributed by atoms with Gasteiger partial charge in [-0.15, -0.1) is 0 Å². The van der Waals surface area contributed by atoms with Crippen LogP contribution in [-0.4, -0.2) is 50.4 Å². The van der Waals surface area contributed by atoms with E-state index in [9.17, 15) is 19.5 Å². The predicted octanol–water partition coefficient (Wildman–Crippen LogP) is 3.33. The molecular weight excluding hydrogens is 440 g/mol. The van der Waals surface area contributed by atoms with Crippen LogP contribution in [0.15, 0.2) is 47.4 Å². The van der Waals surface area contributed by atoms with Gasteiger partial charge in [-0.1, -0.05) is 30.0 Å². The summed E-state index contributed by atoms with van der Waals surface area (Å²) in [6, 6.07) is 10.4. The third-order valence-corrected chi connectivity index (χ3v) is 5.55. The summed E-state index contributed by atoms with van der Waals surface area (Å²) in [7, 11) is 0. The average Bonchev–Trinajstić information content (AvgIpc) is 2.98. The molecule has 0 aliphatic carbocycles. The van der Waals surface area contributed by atoms with Crippen LogP contribution >= 0.6 is 24.0 Å². The van der Waals surface area contributed by atoms with Crippen LogP contribution in [0, 0.1) is 0 Å². The molecule has 0 radical (unpaired) electrons. The van der Waals surface area contributed by atoms with E-state index in [-0.39, 0.29) is 22.2 Å². The molecule has 2 aromatic rings. The molecule has 0 unspecified atom stereocenters. The molecule has 1 fully saturated rings. The fourth-order valence-corrected chi connectivity index (χ4v) is 3.97. The van der Waals surface area contributed by atoms with Crippen LogP contribution in [0.25, 0.3) is 6.08 Å². The van der Waals surface area contributed by atoms with Gasteiger partial charge in [-0.05, 0) is 55.0 Å². The average molecular weight is 459 g/mol. The van der Waals surface area contributed by atoms with E-state index in [1.807, 2.05) is 0 Å². The van der Waals surface area contributed by atoms with E-state index in [4.69, 9.17) is 22.1 Å². The van der Waals surface area contributed by atoms with Crippen molar-refractivity contribution in [3.8, 4) is 11.5 Å². The first-order valence-corrected chi connectivity index (χ1v) is 10.4. The number of thiocarbonyl (C=S) groups is 1. The Balaban J connectivity index is 1.68. The zero-order valence-electron chi connectivity index (χ0n) is 16.3. The number of carbonyl (C=O) groups excluding carboxylic acids is 2. The number of aromatic hydroxyl groups is 1. The SMILES string of the molecule is CCOc1cc(/C=C2\SC(=S)N(CC(=O)Nc3ccc(C(=O)O)cc3)C2=O)ccc1O. The Morgan fingerprint density at radius 3 is 2.58 bits per heavy atom. The van der Waals surface area contributed by atoms with Gasteiger partial charge in [0.15, 0.2) is 11.5 Å². The molecule has 8 nitrogen and oxygen atoms in total. The Morgan fingerprint density at radius 1 is 1.23 bits per heavy atom. The van der Waals surface area contributed by atoms with Crippen molar-refractivity contribution in [2.75, 3.05) is 18.5 Å². The number of nitrogens with one attached hydrogen (secondary N) is 1. The molecule has 10 heteroatoms. The molecule has 3 rings (SSSR count). The second-order valence-corrected chi connectivity index (χ2v) is 8.03. The van der Waals surface area contributed by atoms with Gasteiger partial charge >= 0.3 is 5.97 Å². The predicted molar refractivity (Wildman–Crippen MR) is 121 cm³/mol. The van der Waals surface area contributed by atoms with Gasteiger partial charge in [-0.2, -0.15) is 0 Å². The molecule has 1 heterocycles. The number of nitrogens with zero attached hydrogens (tertiary/aromatic N) is 1. The summed E-state index contributed by atoms with van der Waals surface area (Å²) in [5, 5.41) is 21.3. The Labute approximate surface area is 187 Å². The standard InChI is InChI=1S/C21H18N2O6S2/c1-2-29-16-9-12(3-8-15(16)24)10-17-19(26)23(21(30)31-17)11-18(25)22-14-6-4-13(5-7-14)20(27)28/h3-10,24H,2,11H2,1H3,(H,22,25)(H,27,28)/b17-10-. The van der Waals surface area contributed by atoms with Crippen LogP contribution < -0.4 is 10.1 Å². The molecule has 1 saturated heterocycles. The first kappa shape index (κ1) is 22.3. The first-order chi connectivity index (χ1) is 14.8. The Bertz CT molecular complexity index is 1080. The van der Waals surface area contributed by atoms with Crippen molar-refractivity contribution >= 4 is 57.8 Å². The van der Waals surface area contributed by atoms with Crippen molar-refractivity contribution in [1.29, 1.82) is 0 Å². The maximum absolute atomic E-state index is 12.7. The van der Waals surface area contributed by atoms with Crippen LogP contribution in [0.5, 0.6) is 11.5 Å². The van der Waals surface area contributed by atoms with Crippen molar-refractivity contribution in [1.82, 2.24) is 4.90 Å². The number of anilines is 1. The van der Waals surface area contributed by atoms with Crippen molar-refractivity contribution in [3.05, 3.63) is 58.5 Å². The van der Waals surface area contributed by atoms with Crippen LogP contribution in [-0.2, 0) is 9.59 Å². The molecule has 0 spiro atoms. The molecule has 160 valence electrons. The molecule has 1 aliphatic rings. The van der Waals surface area contributed by atoms with Crippen molar-refractivity contribution in [2.24, 2.45) is 0 Å². The van der Waals surface area contributed by atoms with Crippen LogP contribution in [0.3, 0.4) is 0 Å². The molecule has 0 saturated carbocycles. The van der Waals surface area contributed by atoms with Gasteiger partial charge in [0.25, 0.3) is 5.91 Å². The highest BCUT2D eigenvalue weighted by atomic mass is 32.2. The van der Waals surface area contributed by atoms with Crippen molar-refractivity contribution in [2.45, 2.75) is 6.92 Å². The number of ether oxygens (including phenoxy) is 1. The fraction of sp³-hybridized carbons (Fsp3) is 0.143. The number of carboxylic acids is 1. The zero-order chi connectivity index (χ0) is 22.5. The van der Waals surface area contributed by atoms with E-state index in [2.05, 4.69) is 5.32 Å². The van der Waals surface area contributed by atoms with Gasteiger partial charge in [0.05, 0.1) is 17.1 Å². The second kappa shape index (κ2) is 9.63. The van der Waals surface area contributed by atoms with Gasteiger partial charge in [0.1, 0.15) is 10.9 Å². The fourth-order valence-electron chi connectivity index (χ4n) is 2.72. The number of benzene rings is 2. The summed E-state index contributed by atoms with van der Waals surface area (Å²) < 4.78 is 5.59. The summed E-state index contributed by atoms with van der Waals surface area (Å²) in [6.45, 7) is 1.90. The number of carboxylic acid groups (broad SMARTS) is 1. The molecule has 31 heavy (non-hydrogen) atoms. The van der Waals surface area contributed by atoms with Crippen molar-refractivity contribution in [3.63, 3.8) is 0 Å².